The summed E-state index contributed by atoms with van der Waals surface area (Å²) < 4.78 is 4.73. The van der Waals surface area contributed by atoms with Crippen LogP contribution in [0.4, 0.5) is 10.5 Å². The number of carbonyl (C=O) groups is 1. The normalized spacial score (nSPS) is 14.7. The van der Waals surface area contributed by atoms with E-state index >= 15 is 0 Å². The molecule has 1 amide bonds. The number of benzene rings is 1. The van der Waals surface area contributed by atoms with Crippen molar-refractivity contribution >= 4 is 11.8 Å². The van der Waals surface area contributed by atoms with E-state index in [1.807, 2.05) is 0 Å². The zero-order valence-electron chi connectivity index (χ0n) is 5.76. The Kier molecular flexibility index (Phi) is 1.28. The van der Waals surface area contributed by atoms with Crippen molar-refractivity contribution in [2.24, 2.45) is 0 Å². The van der Waals surface area contributed by atoms with Crippen molar-refractivity contribution in [3.8, 4) is 0 Å². The molecule has 1 N–H and O–H groups in total. The first-order valence-electron chi connectivity index (χ1n) is 3.29. The van der Waals surface area contributed by atoms with Crippen molar-refractivity contribution in [3.63, 3.8) is 0 Å². The minimum Gasteiger partial charge on any atom is -0.444 e. The highest BCUT2D eigenvalue weighted by molar-refractivity contribution is 5.87. The third kappa shape index (κ3) is 1.05. The third-order valence-corrected chi connectivity index (χ3v) is 1.55. The SMILES string of the molecule is O=C1Nc2cc[c]cc2CO1. The van der Waals surface area contributed by atoms with E-state index in [2.05, 4.69) is 11.4 Å². The molecule has 1 heterocycles. The molecule has 0 aromatic heterocycles. The average molecular weight is 148 g/mol. The lowest BCUT2D eigenvalue weighted by Crippen LogP contribution is -2.19. The fraction of sp³-hybridized carbons (Fsp3) is 0.125. The minimum atomic E-state index is -0.385. The predicted octanol–water partition coefficient (Wildman–Crippen LogP) is 1.55. The van der Waals surface area contributed by atoms with Gasteiger partial charge >= 0.3 is 6.09 Å². The summed E-state index contributed by atoms with van der Waals surface area (Å²) in [6.45, 7) is 0.346. The molecule has 0 aliphatic carbocycles. The number of ether oxygens (including phenoxy) is 1. The number of carbonyl (C=O) groups excluding carboxylic acids is 1. The Bertz CT molecular complexity index is 296. The summed E-state index contributed by atoms with van der Waals surface area (Å²) in [5, 5.41) is 2.58. The fourth-order valence-corrected chi connectivity index (χ4v) is 0.996. The van der Waals surface area contributed by atoms with Crippen LogP contribution in [0.3, 0.4) is 0 Å². The molecule has 1 radical (unpaired) electrons. The molecule has 1 aliphatic rings. The van der Waals surface area contributed by atoms with E-state index in [4.69, 9.17) is 4.74 Å². The van der Waals surface area contributed by atoms with Gasteiger partial charge in [0.25, 0.3) is 0 Å². The maximum atomic E-state index is 10.7. The Morgan fingerprint density at radius 3 is 3.45 bits per heavy atom. The molecule has 55 valence electrons. The highest BCUT2D eigenvalue weighted by Crippen LogP contribution is 2.19. The van der Waals surface area contributed by atoms with Gasteiger partial charge in [-0.05, 0) is 18.2 Å². The molecule has 0 fully saturated rings. The lowest BCUT2D eigenvalue weighted by Gasteiger charge is -2.16. The fourth-order valence-electron chi connectivity index (χ4n) is 0.996. The van der Waals surface area contributed by atoms with Crippen LogP contribution in [-0.2, 0) is 11.3 Å². The van der Waals surface area contributed by atoms with Crippen LogP contribution in [0.1, 0.15) is 5.56 Å². The summed E-state index contributed by atoms with van der Waals surface area (Å²) in [5.41, 5.74) is 1.78. The van der Waals surface area contributed by atoms with E-state index < -0.39 is 0 Å². The highest BCUT2D eigenvalue weighted by Gasteiger charge is 2.13. The van der Waals surface area contributed by atoms with E-state index in [0.29, 0.717) is 6.61 Å². The molecule has 1 aliphatic heterocycles. The van der Waals surface area contributed by atoms with E-state index in [9.17, 15) is 4.79 Å². The quantitative estimate of drug-likeness (QED) is 0.606. The molecule has 0 unspecified atom stereocenters. The predicted molar refractivity (Wildman–Crippen MR) is 39.1 cm³/mol. The van der Waals surface area contributed by atoms with Crippen molar-refractivity contribution in [1.82, 2.24) is 0 Å². The van der Waals surface area contributed by atoms with Crippen LogP contribution < -0.4 is 5.32 Å². The van der Waals surface area contributed by atoms with Crippen LogP contribution >= 0.6 is 0 Å². The number of hydrogen-bond acceptors (Lipinski definition) is 2. The molecule has 3 heteroatoms. The summed E-state index contributed by atoms with van der Waals surface area (Å²) in [6.07, 6.45) is -0.385. The largest absolute Gasteiger partial charge is 0.444 e. The van der Waals surface area contributed by atoms with E-state index in [-0.39, 0.29) is 6.09 Å². The van der Waals surface area contributed by atoms with Gasteiger partial charge in [0.05, 0.1) is 5.69 Å². The number of hydrogen-bond donors (Lipinski definition) is 1. The minimum absolute atomic E-state index is 0.346. The van der Waals surface area contributed by atoms with Gasteiger partial charge in [-0.1, -0.05) is 6.07 Å². The third-order valence-electron chi connectivity index (χ3n) is 1.55. The lowest BCUT2D eigenvalue weighted by atomic mass is 10.2. The second-order valence-electron chi connectivity index (χ2n) is 2.28. The highest BCUT2D eigenvalue weighted by atomic mass is 16.5. The summed E-state index contributed by atoms with van der Waals surface area (Å²) in [5.74, 6) is 0. The molecule has 0 bridgehead atoms. The van der Waals surface area contributed by atoms with Crippen LogP contribution in [-0.4, -0.2) is 6.09 Å². The molecule has 0 saturated heterocycles. The van der Waals surface area contributed by atoms with Crippen molar-refractivity contribution < 1.29 is 9.53 Å². The number of rotatable bonds is 0. The van der Waals surface area contributed by atoms with Gasteiger partial charge in [-0.15, -0.1) is 0 Å². The van der Waals surface area contributed by atoms with Gasteiger partial charge in [-0.3, -0.25) is 5.32 Å². The van der Waals surface area contributed by atoms with Gasteiger partial charge in [0, 0.05) is 5.56 Å². The number of nitrogens with one attached hydrogen (secondary N) is 1. The zero-order valence-corrected chi connectivity index (χ0v) is 5.76. The second kappa shape index (κ2) is 2.27. The van der Waals surface area contributed by atoms with E-state index in [0.717, 1.165) is 11.3 Å². The van der Waals surface area contributed by atoms with Crippen molar-refractivity contribution in [2.45, 2.75) is 6.61 Å². The molecular formula is C8H6NO2. The Morgan fingerprint density at radius 2 is 2.55 bits per heavy atom. The average Bonchev–Trinajstić information content (AvgIpc) is 2.04. The first kappa shape index (κ1) is 6.22. The van der Waals surface area contributed by atoms with Crippen LogP contribution in [0.2, 0.25) is 0 Å². The molecule has 11 heavy (non-hydrogen) atoms. The Balaban J connectivity index is 2.41. The van der Waals surface area contributed by atoms with Crippen molar-refractivity contribution in [1.29, 1.82) is 0 Å². The van der Waals surface area contributed by atoms with Gasteiger partial charge < -0.3 is 4.74 Å². The monoisotopic (exact) mass is 148 g/mol. The Hall–Kier alpha value is -1.51. The second-order valence-corrected chi connectivity index (χ2v) is 2.28. The lowest BCUT2D eigenvalue weighted by molar-refractivity contribution is 0.151. The van der Waals surface area contributed by atoms with Gasteiger partial charge in [0.15, 0.2) is 0 Å². The standard InChI is InChI=1S/C8H6NO2/c10-8-9-7-4-2-1-3-6(7)5-11-8/h2-4H,5H2,(H,9,10). The maximum absolute atomic E-state index is 10.7. The summed E-state index contributed by atoms with van der Waals surface area (Å²) >= 11 is 0. The first-order valence-corrected chi connectivity index (χ1v) is 3.29. The molecular weight excluding hydrogens is 142 g/mol. The zero-order chi connectivity index (χ0) is 7.68. The summed E-state index contributed by atoms with van der Waals surface area (Å²) in [7, 11) is 0. The van der Waals surface area contributed by atoms with Crippen LogP contribution in [0.15, 0.2) is 18.2 Å². The summed E-state index contributed by atoms with van der Waals surface area (Å²) in [4.78, 5) is 10.7. The molecule has 0 atom stereocenters. The van der Waals surface area contributed by atoms with Crippen LogP contribution in [0, 0.1) is 6.07 Å². The number of anilines is 1. The first-order chi connectivity index (χ1) is 5.36. The van der Waals surface area contributed by atoms with Gasteiger partial charge in [-0.25, -0.2) is 4.79 Å². The van der Waals surface area contributed by atoms with Gasteiger partial charge in [0.1, 0.15) is 6.61 Å². The molecule has 1 aromatic rings. The van der Waals surface area contributed by atoms with Gasteiger partial charge in [-0.2, -0.15) is 0 Å². The topological polar surface area (TPSA) is 38.3 Å². The summed E-state index contributed by atoms with van der Waals surface area (Å²) in [6, 6.07) is 8.26. The van der Waals surface area contributed by atoms with Gasteiger partial charge in [0.2, 0.25) is 0 Å². The molecule has 0 spiro atoms. The molecule has 1 aromatic carbocycles. The Labute approximate surface area is 64.0 Å². The van der Waals surface area contributed by atoms with Crippen LogP contribution in [0.5, 0.6) is 0 Å². The number of cyclic esters (lactones) is 1. The number of amides is 1. The van der Waals surface area contributed by atoms with E-state index in [1.165, 1.54) is 0 Å². The molecule has 3 nitrogen and oxygen atoms in total. The number of fused-ring (bicyclic) bond motifs is 1. The smallest absolute Gasteiger partial charge is 0.411 e. The van der Waals surface area contributed by atoms with Crippen molar-refractivity contribution in [2.75, 3.05) is 5.32 Å². The van der Waals surface area contributed by atoms with Crippen LogP contribution in [0.25, 0.3) is 0 Å². The molecule has 0 saturated carbocycles. The van der Waals surface area contributed by atoms with Crippen molar-refractivity contribution in [3.05, 3.63) is 29.8 Å². The Morgan fingerprint density at radius 1 is 1.64 bits per heavy atom. The van der Waals surface area contributed by atoms with E-state index in [1.54, 1.807) is 18.2 Å². The maximum Gasteiger partial charge on any atom is 0.411 e. The molecule has 2 rings (SSSR count).